The number of carbonyl (C=O) groups is 1. The van der Waals surface area contributed by atoms with Gasteiger partial charge in [0.05, 0.1) is 17.3 Å². The van der Waals surface area contributed by atoms with Crippen molar-refractivity contribution in [2.24, 2.45) is 7.05 Å². The van der Waals surface area contributed by atoms with Crippen molar-refractivity contribution < 1.29 is 14.3 Å². The fourth-order valence-electron chi connectivity index (χ4n) is 4.85. The zero-order valence-corrected chi connectivity index (χ0v) is 17.5. The molecule has 3 heterocycles. The van der Waals surface area contributed by atoms with E-state index in [2.05, 4.69) is 17.0 Å². The Labute approximate surface area is 172 Å². The van der Waals surface area contributed by atoms with Gasteiger partial charge in [-0.3, -0.25) is 9.48 Å². The second-order valence-corrected chi connectivity index (χ2v) is 8.11. The van der Waals surface area contributed by atoms with Crippen molar-refractivity contribution in [3.05, 3.63) is 41.9 Å². The van der Waals surface area contributed by atoms with Gasteiger partial charge < -0.3 is 14.4 Å². The second-order valence-electron chi connectivity index (χ2n) is 8.11. The van der Waals surface area contributed by atoms with Crippen molar-refractivity contribution in [1.82, 2.24) is 19.7 Å². The number of nitrogens with zero attached hydrogens (tertiary/aromatic N) is 4. The number of fused-ring (bicyclic) bond motifs is 1. The minimum atomic E-state index is -0.287. The summed E-state index contributed by atoms with van der Waals surface area (Å²) in [7, 11) is 3.62. The maximum atomic E-state index is 13.4. The highest BCUT2D eigenvalue weighted by Gasteiger charge is 2.53. The summed E-state index contributed by atoms with van der Waals surface area (Å²) in [5, 5.41) is 4.51. The van der Waals surface area contributed by atoms with Gasteiger partial charge in [-0.15, -0.1) is 0 Å². The monoisotopic (exact) mass is 398 g/mol. The van der Waals surface area contributed by atoms with Crippen LogP contribution in [-0.4, -0.2) is 57.0 Å². The zero-order chi connectivity index (χ0) is 20.4. The normalized spacial score (nSPS) is 26.4. The minimum Gasteiger partial charge on any atom is -0.474 e. The van der Waals surface area contributed by atoms with Crippen LogP contribution in [0, 0.1) is 0 Å². The molecule has 2 aromatic heterocycles. The molecular formula is C22H30N4O3. The zero-order valence-electron chi connectivity index (χ0n) is 17.5. The predicted molar refractivity (Wildman–Crippen MR) is 109 cm³/mol. The van der Waals surface area contributed by atoms with E-state index in [0.717, 1.165) is 44.2 Å². The van der Waals surface area contributed by atoms with Crippen LogP contribution in [0.15, 0.2) is 30.5 Å². The molecule has 0 spiro atoms. The number of carbonyl (C=O) groups excluding carboxylic acids is 1. The Morgan fingerprint density at radius 1 is 1.34 bits per heavy atom. The number of rotatable bonds is 6. The summed E-state index contributed by atoms with van der Waals surface area (Å²) in [4.78, 5) is 19.7. The molecule has 2 aliphatic rings. The lowest BCUT2D eigenvalue weighted by molar-refractivity contribution is -0.0789. The second kappa shape index (κ2) is 8.14. The maximum absolute atomic E-state index is 13.4. The molecule has 1 aliphatic carbocycles. The van der Waals surface area contributed by atoms with Gasteiger partial charge in [0, 0.05) is 39.4 Å². The number of aromatic nitrogens is 3. The quantitative estimate of drug-likeness (QED) is 0.748. The van der Waals surface area contributed by atoms with Crippen LogP contribution < -0.4 is 4.74 Å². The lowest BCUT2D eigenvalue weighted by atomic mass is 9.79. The fourth-order valence-corrected chi connectivity index (χ4v) is 4.85. The number of pyridine rings is 1. The SMILES string of the molecule is CCCc1cc(C(=O)N2CC[C@]3(OC)CC[C@H](Oc4ccccn4)C[C@H]23)n(C)n1. The van der Waals surface area contributed by atoms with Gasteiger partial charge in [0.2, 0.25) is 5.88 Å². The molecule has 4 rings (SSSR count). The van der Waals surface area contributed by atoms with E-state index >= 15 is 0 Å². The van der Waals surface area contributed by atoms with Crippen LogP contribution in [0.1, 0.15) is 55.2 Å². The molecule has 2 fully saturated rings. The summed E-state index contributed by atoms with van der Waals surface area (Å²) in [6.07, 6.45) is 7.03. The Morgan fingerprint density at radius 3 is 2.93 bits per heavy atom. The predicted octanol–water partition coefficient (Wildman–Crippen LogP) is 3.00. The third-order valence-corrected chi connectivity index (χ3v) is 6.38. The molecule has 1 aliphatic heterocycles. The van der Waals surface area contributed by atoms with E-state index in [-0.39, 0.29) is 23.7 Å². The number of amides is 1. The molecule has 0 unspecified atom stereocenters. The largest absolute Gasteiger partial charge is 0.474 e. The lowest BCUT2D eigenvalue weighted by Gasteiger charge is -2.43. The Morgan fingerprint density at radius 2 is 2.21 bits per heavy atom. The van der Waals surface area contributed by atoms with Gasteiger partial charge in [0.25, 0.3) is 5.91 Å². The number of methoxy groups -OCH3 is 1. The van der Waals surface area contributed by atoms with E-state index in [0.29, 0.717) is 18.1 Å². The first kappa shape index (κ1) is 19.9. The number of likely N-dealkylation sites (tertiary alicyclic amines) is 1. The Bertz CT molecular complexity index is 853. The standard InChI is InChI=1S/C22H30N4O3/c1-4-7-16-14-18(25(2)24-16)21(27)26-13-11-22(28-3)10-9-17(15-19(22)26)29-20-8-5-6-12-23-20/h5-6,8,12,14,17,19H,4,7,9-11,13,15H2,1-3H3/t17-,19-,22+/m0/s1. The van der Waals surface area contributed by atoms with Gasteiger partial charge >= 0.3 is 0 Å². The minimum absolute atomic E-state index is 0.00742. The van der Waals surface area contributed by atoms with Crippen LogP contribution >= 0.6 is 0 Å². The van der Waals surface area contributed by atoms with E-state index in [1.54, 1.807) is 18.0 Å². The first-order valence-electron chi connectivity index (χ1n) is 10.5. The molecule has 29 heavy (non-hydrogen) atoms. The highest BCUT2D eigenvalue weighted by atomic mass is 16.5. The Balaban J connectivity index is 1.54. The average Bonchev–Trinajstić information content (AvgIpc) is 3.29. The van der Waals surface area contributed by atoms with Crippen molar-refractivity contribution in [2.45, 2.75) is 63.2 Å². The van der Waals surface area contributed by atoms with E-state index in [4.69, 9.17) is 9.47 Å². The Kier molecular flexibility index (Phi) is 5.58. The molecule has 0 bridgehead atoms. The average molecular weight is 399 g/mol. The van der Waals surface area contributed by atoms with Gasteiger partial charge in [-0.1, -0.05) is 19.4 Å². The van der Waals surface area contributed by atoms with Crippen molar-refractivity contribution in [1.29, 1.82) is 0 Å². The first-order valence-corrected chi connectivity index (χ1v) is 10.5. The van der Waals surface area contributed by atoms with Crippen LogP contribution in [0.5, 0.6) is 5.88 Å². The van der Waals surface area contributed by atoms with Crippen LogP contribution in [0.25, 0.3) is 0 Å². The first-order chi connectivity index (χ1) is 14.1. The molecular weight excluding hydrogens is 368 g/mol. The summed E-state index contributed by atoms with van der Waals surface area (Å²) in [5.74, 6) is 0.666. The van der Waals surface area contributed by atoms with E-state index in [1.807, 2.05) is 36.2 Å². The van der Waals surface area contributed by atoms with Crippen molar-refractivity contribution >= 4 is 5.91 Å². The molecule has 7 heteroatoms. The molecule has 1 saturated carbocycles. The molecule has 2 aromatic rings. The number of hydrogen-bond donors (Lipinski definition) is 0. The molecule has 0 aromatic carbocycles. The van der Waals surface area contributed by atoms with Crippen molar-refractivity contribution in [2.75, 3.05) is 13.7 Å². The summed E-state index contributed by atoms with van der Waals surface area (Å²) < 4.78 is 13.8. The topological polar surface area (TPSA) is 69.5 Å². The van der Waals surface area contributed by atoms with Crippen LogP contribution in [0.3, 0.4) is 0 Å². The highest BCUT2D eigenvalue weighted by Crippen LogP contribution is 2.43. The molecule has 0 N–H and O–H groups in total. The third-order valence-electron chi connectivity index (χ3n) is 6.38. The van der Waals surface area contributed by atoms with E-state index in [1.165, 1.54) is 0 Å². The smallest absolute Gasteiger partial charge is 0.272 e. The van der Waals surface area contributed by atoms with Crippen molar-refractivity contribution in [3.63, 3.8) is 0 Å². The van der Waals surface area contributed by atoms with Crippen molar-refractivity contribution in [3.8, 4) is 5.88 Å². The van der Waals surface area contributed by atoms with Crippen LogP contribution in [-0.2, 0) is 18.2 Å². The highest BCUT2D eigenvalue weighted by molar-refractivity contribution is 5.93. The molecule has 1 amide bonds. The number of aryl methyl sites for hydroxylation is 2. The van der Waals surface area contributed by atoms with Gasteiger partial charge in [0.15, 0.2) is 0 Å². The third kappa shape index (κ3) is 3.75. The summed E-state index contributed by atoms with van der Waals surface area (Å²) in [5.41, 5.74) is 1.33. The van der Waals surface area contributed by atoms with Gasteiger partial charge in [-0.05, 0) is 37.8 Å². The summed E-state index contributed by atoms with van der Waals surface area (Å²) >= 11 is 0. The molecule has 156 valence electrons. The molecule has 0 radical (unpaired) electrons. The Hall–Kier alpha value is -2.41. The molecule has 7 nitrogen and oxygen atoms in total. The van der Waals surface area contributed by atoms with E-state index < -0.39 is 0 Å². The van der Waals surface area contributed by atoms with Gasteiger partial charge in [0.1, 0.15) is 11.8 Å². The van der Waals surface area contributed by atoms with Crippen LogP contribution in [0.4, 0.5) is 0 Å². The lowest BCUT2D eigenvalue weighted by Crippen LogP contribution is -2.53. The number of ether oxygens (including phenoxy) is 2. The number of hydrogen-bond acceptors (Lipinski definition) is 5. The van der Waals surface area contributed by atoms with E-state index in [9.17, 15) is 4.79 Å². The molecule has 1 saturated heterocycles. The maximum Gasteiger partial charge on any atom is 0.272 e. The van der Waals surface area contributed by atoms with Gasteiger partial charge in [-0.25, -0.2) is 4.98 Å². The molecule has 3 atom stereocenters. The fraction of sp³-hybridized carbons (Fsp3) is 0.591. The van der Waals surface area contributed by atoms with Crippen LogP contribution in [0.2, 0.25) is 0 Å². The summed E-state index contributed by atoms with van der Waals surface area (Å²) in [6, 6.07) is 7.60. The van der Waals surface area contributed by atoms with Gasteiger partial charge in [-0.2, -0.15) is 5.10 Å². The summed E-state index contributed by atoms with van der Waals surface area (Å²) in [6.45, 7) is 2.81.